The van der Waals surface area contributed by atoms with Gasteiger partial charge in [0.2, 0.25) is 0 Å². The van der Waals surface area contributed by atoms with Gasteiger partial charge in [0.25, 0.3) is 0 Å². The van der Waals surface area contributed by atoms with Crippen molar-refractivity contribution in [3.05, 3.63) is 41.2 Å². The van der Waals surface area contributed by atoms with Gasteiger partial charge in [-0.1, -0.05) is 44.4 Å². The Morgan fingerprint density at radius 2 is 1.90 bits per heavy atom. The van der Waals surface area contributed by atoms with Gasteiger partial charge in [-0.05, 0) is 65.8 Å². The summed E-state index contributed by atoms with van der Waals surface area (Å²) >= 11 is 1.15. The van der Waals surface area contributed by atoms with E-state index in [2.05, 4.69) is 19.6 Å². The van der Waals surface area contributed by atoms with Gasteiger partial charge in [0.05, 0.1) is 6.61 Å². The molecule has 0 aliphatic carbocycles. The molecule has 12 heteroatoms. The van der Waals surface area contributed by atoms with Crippen LogP contribution in [0.25, 0.3) is 0 Å². The number of amides is 1. The Labute approximate surface area is 254 Å². The fourth-order valence-corrected chi connectivity index (χ4v) is 6.68. The Morgan fingerprint density at radius 1 is 1.26 bits per heavy atom. The second-order valence-electron chi connectivity index (χ2n) is 13.0. The first-order valence-electron chi connectivity index (χ1n) is 14.1. The van der Waals surface area contributed by atoms with Crippen LogP contribution in [0.4, 0.5) is 19.3 Å². The van der Waals surface area contributed by atoms with Crippen LogP contribution in [-0.4, -0.2) is 67.2 Å². The van der Waals surface area contributed by atoms with Gasteiger partial charge in [-0.2, -0.15) is 0 Å². The van der Waals surface area contributed by atoms with E-state index in [0.29, 0.717) is 6.61 Å². The first-order valence-corrected chi connectivity index (χ1v) is 18.7. The predicted molar refractivity (Wildman–Crippen MR) is 168 cm³/mol. The molecule has 2 rings (SSSR count). The molecule has 8 nitrogen and oxygen atoms in total. The summed E-state index contributed by atoms with van der Waals surface area (Å²) < 4.78 is 46.7. The molecular weight excluding hydrogens is 580 g/mol. The Balaban J connectivity index is 2.79. The number of anilines is 1. The van der Waals surface area contributed by atoms with Crippen LogP contribution in [0.15, 0.2) is 34.8 Å². The predicted octanol–water partition coefficient (Wildman–Crippen LogP) is 7.13. The third-order valence-corrected chi connectivity index (χ3v) is 10.1. The molecule has 1 aromatic carbocycles. The van der Waals surface area contributed by atoms with E-state index in [1.54, 1.807) is 54.5 Å². The summed E-state index contributed by atoms with van der Waals surface area (Å²) in [6.45, 7) is 18.0. The Hall–Kier alpha value is -2.44. The number of esters is 1. The maximum absolute atomic E-state index is 15.5. The molecule has 0 aromatic heterocycles. The third kappa shape index (κ3) is 9.03. The van der Waals surface area contributed by atoms with Gasteiger partial charge in [-0.15, -0.1) is 0 Å². The zero-order chi connectivity index (χ0) is 32.1. The molecule has 0 bridgehead atoms. The first kappa shape index (κ1) is 35.8. The van der Waals surface area contributed by atoms with E-state index in [1.807, 2.05) is 0 Å². The van der Waals surface area contributed by atoms with Crippen molar-refractivity contribution in [2.75, 3.05) is 32.4 Å². The highest BCUT2D eigenvalue weighted by atomic mass is 32.2. The van der Waals surface area contributed by atoms with Crippen molar-refractivity contribution in [2.24, 2.45) is 10.9 Å². The van der Waals surface area contributed by atoms with Crippen LogP contribution in [-0.2, 0) is 24.5 Å². The number of carbonyl (C=O) groups excluding carboxylic acids is 2. The molecule has 0 saturated heterocycles. The summed E-state index contributed by atoms with van der Waals surface area (Å²) in [6, 6.07) is 4.79. The van der Waals surface area contributed by atoms with Crippen molar-refractivity contribution in [3.8, 4) is 0 Å². The quantitative estimate of drug-likeness (QED) is 0.0735. The van der Waals surface area contributed by atoms with E-state index in [4.69, 9.17) is 24.9 Å². The van der Waals surface area contributed by atoms with Crippen molar-refractivity contribution >= 4 is 42.8 Å². The van der Waals surface area contributed by atoms with Crippen LogP contribution >= 0.6 is 11.8 Å². The van der Waals surface area contributed by atoms with Gasteiger partial charge in [-0.3, -0.25) is 0 Å². The van der Waals surface area contributed by atoms with Gasteiger partial charge >= 0.3 is 12.1 Å². The number of benzene rings is 1. The lowest BCUT2D eigenvalue weighted by molar-refractivity contribution is -0.138. The number of carbonyl (C=O) groups is 2. The molecule has 0 spiro atoms. The highest BCUT2D eigenvalue weighted by Crippen LogP contribution is 2.53. The topological polar surface area (TPSA) is 103 Å². The number of halogens is 2. The number of aliphatic imine (C=N–C) groups is 1. The fraction of sp³-hybridized carbons (Fsp3) is 0.633. The number of nitrogen functional groups attached to an aromatic ring is 1. The number of thioether (sulfide) groups is 1. The molecular formula is C30H47F2N3O5SSi. The van der Waals surface area contributed by atoms with E-state index < -0.39 is 54.4 Å². The number of rotatable bonds is 10. The minimum atomic E-state index is -1.79. The number of alkyl halides is 1. The van der Waals surface area contributed by atoms with E-state index in [-0.39, 0.29) is 35.3 Å². The third-order valence-electron chi connectivity index (χ3n) is 7.01. The van der Waals surface area contributed by atoms with Gasteiger partial charge < -0.3 is 19.9 Å². The molecule has 236 valence electrons. The fourth-order valence-electron chi connectivity index (χ4n) is 4.48. The maximum Gasteiger partial charge on any atom is 0.418 e. The Bertz CT molecular complexity index is 1200. The standard InChI is InChI=1S/C30H47F2N3O5SSi/c1-11-39-25(36)20(2)17-29(7)21(3)30(18-31,23-16-22(33)12-13-24(23)32)34-26(41-29)35(27(37)40-28(4,5)6)19-38-14-15-42(8,9)10/h12-13,16-17,21H,11,14-15,18-19,33H2,1-10H3/b20-17+/t21?,29-,30+/m1/s1. The van der Waals surface area contributed by atoms with Crippen LogP contribution in [0.5, 0.6) is 0 Å². The second kappa shape index (κ2) is 13.9. The van der Waals surface area contributed by atoms with Crippen molar-refractivity contribution in [2.45, 2.75) is 90.0 Å². The van der Waals surface area contributed by atoms with E-state index >= 15 is 8.78 Å². The molecule has 1 amide bonds. The second-order valence-corrected chi connectivity index (χ2v) is 20.1. The smallest absolute Gasteiger partial charge is 0.418 e. The lowest BCUT2D eigenvalue weighted by Gasteiger charge is -2.48. The van der Waals surface area contributed by atoms with Gasteiger partial charge in [-0.25, -0.2) is 28.3 Å². The molecule has 0 fully saturated rings. The Morgan fingerprint density at radius 3 is 2.45 bits per heavy atom. The molecule has 1 heterocycles. The molecule has 42 heavy (non-hydrogen) atoms. The lowest BCUT2D eigenvalue weighted by Crippen LogP contribution is -2.53. The van der Waals surface area contributed by atoms with Gasteiger partial charge in [0.1, 0.15) is 30.4 Å². The zero-order valence-corrected chi connectivity index (χ0v) is 28.4. The molecule has 0 radical (unpaired) electrons. The number of nitrogens with two attached hydrogens (primary N) is 1. The summed E-state index contributed by atoms with van der Waals surface area (Å²) in [7, 11) is -1.44. The molecule has 2 N–H and O–H groups in total. The number of hydrogen-bond donors (Lipinski definition) is 1. The van der Waals surface area contributed by atoms with Crippen LogP contribution < -0.4 is 5.73 Å². The van der Waals surface area contributed by atoms with Gasteiger partial charge in [0.15, 0.2) is 5.17 Å². The first-order chi connectivity index (χ1) is 19.3. The summed E-state index contributed by atoms with van der Waals surface area (Å²) in [4.78, 5) is 32.2. The van der Waals surface area contributed by atoms with E-state index in [1.165, 1.54) is 23.1 Å². The number of ether oxygens (including phenoxy) is 3. The summed E-state index contributed by atoms with van der Waals surface area (Å²) in [6.07, 6.45) is 0.925. The van der Waals surface area contributed by atoms with Crippen molar-refractivity contribution < 1.29 is 32.6 Å². The van der Waals surface area contributed by atoms with Crippen LogP contribution in [0.1, 0.15) is 54.0 Å². The highest BCUT2D eigenvalue weighted by Gasteiger charge is 2.54. The largest absolute Gasteiger partial charge is 0.463 e. The molecule has 0 saturated carbocycles. The minimum Gasteiger partial charge on any atom is -0.463 e. The summed E-state index contributed by atoms with van der Waals surface area (Å²) in [5.74, 6) is -1.93. The molecule has 1 unspecified atom stereocenters. The molecule has 1 aliphatic rings. The zero-order valence-electron chi connectivity index (χ0n) is 26.6. The van der Waals surface area contributed by atoms with Gasteiger partial charge in [0, 0.05) is 42.2 Å². The monoisotopic (exact) mass is 627 g/mol. The van der Waals surface area contributed by atoms with E-state index in [9.17, 15) is 9.59 Å². The average molecular weight is 628 g/mol. The number of hydrogen-bond acceptors (Lipinski definition) is 8. The average Bonchev–Trinajstić information content (AvgIpc) is 2.85. The normalized spacial score (nSPS) is 23.3. The number of amidine groups is 1. The Kier molecular flexibility index (Phi) is 11.8. The SMILES string of the molecule is CCOC(=O)/C(C)=C/[C@@]1(C)SC(N(COCC[Si](C)(C)C)C(=O)OC(C)(C)C)=N[C@](CF)(c2cc(N)ccc2F)C1C. The van der Waals surface area contributed by atoms with Crippen molar-refractivity contribution in [1.82, 2.24) is 4.90 Å². The van der Waals surface area contributed by atoms with Crippen LogP contribution in [0, 0.1) is 11.7 Å². The van der Waals surface area contributed by atoms with Crippen molar-refractivity contribution in [1.29, 1.82) is 0 Å². The minimum absolute atomic E-state index is 0.0486. The van der Waals surface area contributed by atoms with E-state index in [0.717, 1.165) is 17.8 Å². The molecule has 1 aliphatic heterocycles. The maximum atomic E-state index is 15.5. The lowest BCUT2D eigenvalue weighted by atomic mass is 9.72. The number of nitrogens with zero attached hydrogens (tertiary/aromatic N) is 2. The molecule has 1 aromatic rings. The van der Waals surface area contributed by atoms with Crippen LogP contribution in [0.3, 0.4) is 0 Å². The highest BCUT2D eigenvalue weighted by molar-refractivity contribution is 8.15. The summed E-state index contributed by atoms with van der Waals surface area (Å²) in [5, 5.41) is 0.0743. The van der Waals surface area contributed by atoms with Crippen molar-refractivity contribution in [3.63, 3.8) is 0 Å². The van der Waals surface area contributed by atoms with Crippen LogP contribution in [0.2, 0.25) is 25.7 Å². The summed E-state index contributed by atoms with van der Waals surface area (Å²) in [5.41, 5.74) is 3.86. The molecule has 3 atom stereocenters.